The minimum absolute atomic E-state index is 0.270. The average molecular weight is 164 g/mol. The van der Waals surface area contributed by atoms with Crippen LogP contribution in [0.15, 0.2) is 23.8 Å². The fraction of sp³-hybridized carbons (Fsp3) is 0.545. The zero-order chi connectivity index (χ0) is 8.97. The van der Waals surface area contributed by atoms with Gasteiger partial charge < -0.3 is 0 Å². The van der Waals surface area contributed by atoms with Crippen molar-refractivity contribution in [2.45, 2.75) is 33.1 Å². The highest BCUT2D eigenvalue weighted by molar-refractivity contribution is 5.90. The largest absolute Gasteiger partial charge is 0.295 e. The first kappa shape index (κ1) is 9.24. The summed E-state index contributed by atoms with van der Waals surface area (Å²) in [5, 5.41) is 0. The summed E-state index contributed by atoms with van der Waals surface area (Å²) in [5.41, 5.74) is 1.10. The number of allylic oxidation sites excluding steroid dienone is 4. The van der Waals surface area contributed by atoms with E-state index in [-0.39, 0.29) is 5.78 Å². The topological polar surface area (TPSA) is 17.1 Å². The number of hydrogen-bond donors (Lipinski definition) is 0. The predicted octanol–water partition coefficient (Wildman–Crippen LogP) is 2.88. The van der Waals surface area contributed by atoms with Crippen LogP contribution < -0.4 is 0 Å². The lowest BCUT2D eigenvalue weighted by molar-refractivity contribution is -0.115. The third kappa shape index (κ3) is 3.04. The molecule has 0 saturated carbocycles. The lowest BCUT2D eigenvalue weighted by Crippen LogP contribution is -2.01. The predicted molar refractivity (Wildman–Crippen MR) is 50.9 cm³/mol. The summed E-state index contributed by atoms with van der Waals surface area (Å²) in [6.07, 6.45) is 9.07. The van der Waals surface area contributed by atoms with E-state index >= 15 is 0 Å². The van der Waals surface area contributed by atoms with Crippen molar-refractivity contribution in [3.63, 3.8) is 0 Å². The molecule has 0 saturated heterocycles. The first-order valence-electron chi connectivity index (χ1n) is 4.53. The van der Waals surface area contributed by atoms with Gasteiger partial charge in [-0.15, -0.1) is 0 Å². The number of ketones is 1. The lowest BCUT2D eigenvalue weighted by Gasteiger charge is -2.02. The zero-order valence-electron chi connectivity index (χ0n) is 7.84. The van der Waals surface area contributed by atoms with Gasteiger partial charge in [0.05, 0.1) is 0 Å². The van der Waals surface area contributed by atoms with Crippen molar-refractivity contribution >= 4 is 5.78 Å². The molecule has 0 N–H and O–H groups in total. The van der Waals surface area contributed by atoms with Gasteiger partial charge in [-0.1, -0.05) is 17.7 Å². The van der Waals surface area contributed by atoms with Crippen LogP contribution in [0.2, 0.25) is 0 Å². The Hall–Kier alpha value is -0.850. The fourth-order valence-electron chi connectivity index (χ4n) is 1.50. The minimum atomic E-state index is 0.270. The first-order chi connectivity index (χ1) is 5.68. The van der Waals surface area contributed by atoms with E-state index in [9.17, 15) is 4.79 Å². The van der Waals surface area contributed by atoms with Crippen molar-refractivity contribution in [3.05, 3.63) is 23.8 Å². The summed E-state index contributed by atoms with van der Waals surface area (Å²) in [5.74, 6) is 0.777. The van der Waals surface area contributed by atoms with Gasteiger partial charge >= 0.3 is 0 Å². The second-order valence-electron chi connectivity index (χ2n) is 3.66. The number of carbonyl (C=O) groups excluding carboxylic acids is 1. The molecule has 1 unspecified atom stereocenters. The summed E-state index contributed by atoms with van der Waals surface area (Å²) in [7, 11) is 0. The average Bonchev–Trinajstić information content (AvgIpc) is 2.37. The Kier molecular flexibility index (Phi) is 3.27. The van der Waals surface area contributed by atoms with E-state index in [4.69, 9.17) is 0 Å². The Morgan fingerprint density at radius 1 is 1.58 bits per heavy atom. The molecule has 1 aliphatic rings. The van der Waals surface area contributed by atoms with Crippen molar-refractivity contribution in [1.82, 2.24) is 0 Å². The molecule has 0 spiro atoms. The molecule has 0 radical (unpaired) electrons. The van der Waals surface area contributed by atoms with Crippen molar-refractivity contribution in [3.8, 4) is 0 Å². The van der Waals surface area contributed by atoms with Gasteiger partial charge in [0, 0.05) is 6.42 Å². The Morgan fingerprint density at radius 2 is 2.33 bits per heavy atom. The van der Waals surface area contributed by atoms with E-state index in [1.54, 1.807) is 6.08 Å². The van der Waals surface area contributed by atoms with Crippen LogP contribution in [0.25, 0.3) is 0 Å². The van der Waals surface area contributed by atoms with Gasteiger partial charge in [-0.3, -0.25) is 4.79 Å². The second kappa shape index (κ2) is 4.24. The summed E-state index contributed by atoms with van der Waals surface area (Å²) < 4.78 is 0. The van der Waals surface area contributed by atoms with Gasteiger partial charge in [0.2, 0.25) is 0 Å². The second-order valence-corrected chi connectivity index (χ2v) is 3.66. The summed E-state index contributed by atoms with van der Waals surface area (Å²) in [6, 6.07) is 0. The summed E-state index contributed by atoms with van der Waals surface area (Å²) in [6.45, 7) is 3.92. The molecular formula is C11H16O. The molecule has 0 fully saturated rings. The van der Waals surface area contributed by atoms with Crippen molar-refractivity contribution in [2.24, 2.45) is 5.92 Å². The first-order valence-corrected chi connectivity index (χ1v) is 4.53. The molecule has 1 heteroatoms. The van der Waals surface area contributed by atoms with Crippen molar-refractivity contribution in [1.29, 1.82) is 0 Å². The van der Waals surface area contributed by atoms with Crippen LogP contribution in [-0.4, -0.2) is 5.78 Å². The molecule has 0 heterocycles. The molecule has 12 heavy (non-hydrogen) atoms. The van der Waals surface area contributed by atoms with Crippen LogP contribution in [-0.2, 0) is 4.79 Å². The molecule has 66 valence electrons. The highest BCUT2D eigenvalue weighted by Gasteiger charge is 2.11. The van der Waals surface area contributed by atoms with Gasteiger partial charge in [-0.2, -0.15) is 0 Å². The lowest BCUT2D eigenvalue weighted by atomic mass is 10.0. The normalized spacial score (nSPS) is 21.0. The van der Waals surface area contributed by atoms with Gasteiger partial charge in [0.1, 0.15) is 0 Å². The molecule has 1 atom stereocenters. The minimum Gasteiger partial charge on any atom is -0.295 e. The summed E-state index contributed by atoms with van der Waals surface area (Å²) in [4.78, 5) is 11.3. The maximum Gasteiger partial charge on any atom is 0.156 e. The Balaban J connectivity index is 2.36. The molecule has 0 aliphatic heterocycles. The van der Waals surface area contributed by atoms with Crippen LogP contribution in [0, 0.1) is 5.92 Å². The van der Waals surface area contributed by atoms with Crippen molar-refractivity contribution < 1.29 is 4.79 Å². The third-order valence-electron chi connectivity index (χ3n) is 2.03. The molecule has 0 aromatic rings. The van der Waals surface area contributed by atoms with Crippen LogP contribution in [0.3, 0.4) is 0 Å². The number of carbonyl (C=O) groups is 1. The molecule has 0 aromatic heterocycles. The highest BCUT2D eigenvalue weighted by Crippen LogP contribution is 2.20. The van der Waals surface area contributed by atoms with Crippen LogP contribution in [0.5, 0.6) is 0 Å². The van der Waals surface area contributed by atoms with Gasteiger partial charge in [-0.05, 0) is 38.7 Å². The standard InChI is InChI=1S/C11H16O/c1-9(2)7-11(12)8-10-5-3-4-6-10/h3,5,7,10H,4,6,8H2,1-2H3. The van der Waals surface area contributed by atoms with Gasteiger partial charge in [-0.25, -0.2) is 0 Å². The molecule has 1 aliphatic carbocycles. The molecule has 0 aromatic carbocycles. The Labute approximate surface area is 74.2 Å². The maximum atomic E-state index is 11.3. The van der Waals surface area contributed by atoms with Crippen LogP contribution >= 0.6 is 0 Å². The van der Waals surface area contributed by atoms with Crippen LogP contribution in [0.4, 0.5) is 0 Å². The van der Waals surface area contributed by atoms with Crippen molar-refractivity contribution in [2.75, 3.05) is 0 Å². The molecule has 0 amide bonds. The van der Waals surface area contributed by atoms with E-state index in [1.165, 1.54) is 0 Å². The maximum absolute atomic E-state index is 11.3. The van der Waals surface area contributed by atoms with Gasteiger partial charge in [0.15, 0.2) is 5.78 Å². The molecule has 0 bridgehead atoms. The Bertz CT molecular complexity index is 219. The van der Waals surface area contributed by atoms with E-state index in [2.05, 4.69) is 12.2 Å². The van der Waals surface area contributed by atoms with E-state index in [1.807, 2.05) is 13.8 Å². The molecular weight excluding hydrogens is 148 g/mol. The molecule has 1 nitrogen and oxygen atoms in total. The number of hydrogen-bond acceptors (Lipinski definition) is 1. The SMILES string of the molecule is CC(C)=CC(=O)CC1C=CCC1. The number of rotatable bonds is 3. The molecule has 1 rings (SSSR count). The third-order valence-corrected chi connectivity index (χ3v) is 2.03. The zero-order valence-corrected chi connectivity index (χ0v) is 7.84. The monoisotopic (exact) mass is 164 g/mol. The highest BCUT2D eigenvalue weighted by atomic mass is 16.1. The quantitative estimate of drug-likeness (QED) is 0.463. The van der Waals surface area contributed by atoms with E-state index in [0.29, 0.717) is 12.3 Å². The van der Waals surface area contributed by atoms with Crippen LogP contribution in [0.1, 0.15) is 33.1 Å². The van der Waals surface area contributed by atoms with Gasteiger partial charge in [0.25, 0.3) is 0 Å². The summed E-state index contributed by atoms with van der Waals surface area (Å²) >= 11 is 0. The van der Waals surface area contributed by atoms with E-state index < -0.39 is 0 Å². The van der Waals surface area contributed by atoms with E-state index in [0.717, 1.165) is 18.4 Å². The fourth-order valence-corrected chi connectivity index (χ4v) is 1.50. The smallest absolute Gasteiger partial charge is 0.156 e. The Morgan fingerprint density at radius 3 is 2.83 bits per heavy atom.